The predicted molar refractivity (Wildman–Crippen MR) is 116 cm³/mol. The van der Waals surface area contributed by atoms with Crippen LogP contribution in [0.3, 0.4) is 0 Å². The van der Waals surface area contributed by atoms with Gasteiger partial charge in [-0.2, -0.15) is 0 Å². The third-order valence-corrected chi connectivity index (χ3v) is 5.90. The number of para-hydroxylation sites is 1. The zero-order valence-corrected chi connectivity index (χ0v) is 18.5. The van der Waals surface area contributed by atoms with Gasteiger partial charge in [0.1, 0.15) is 5.82 Å². The van der Waals surface area contributed by atoms with Crippen molar-refractivity contribution < 1.29 is 12.8 Å². The number of sulfone groups is 1. The molecule has 1 fully saturated rings. The maximum Gasteiger partial charge on any atom is 0.194 e. The number of hydrogen-bond acceptors (Lipinski definition) is 4. The Bertz CT molecular complexity index is 692. The number of hydrogen-bond donors (Lipinski definition) is 1. The summed E-state index contributed by atoms with van der Waals surface area (Å²) in [5.74, 6) is 0.719. The van der Waals surface area contributed by atoms with Crippen LogP contribution >= 0.6 is 24.0 Å². The average molecular weight is 498 g/mol. The molecule has 1 aromatic carbocycles. The van der Waals surface area contributed by atoms with Crippen LogP contribution in [0.4, 0.5) is 10.1 Å². The summed E-state index contributed by atoms with van der Waals surface area (Å²) in [6, 6.07) is 6.79. The van der Waals surface area contributed by atoms with Gasteiger partial charge < -0.3 is 15.1 Å². The van der Waals surface area contributed by atoms with Crippen molar-refractivity contribution in [2.75, 3.05) is 55.7 Å². The molecule has 26 heavy (non-hydrogen) atoms. The van der Waals surface area contributed by atoms with Gasteiger partial charge in [-0.3, -0.25) is 4.99 Å². The van der Waals surface area contributed by atoms with E-state index < -0.39 is 9.84 Å². The molecule has 0 aromatic heterocycles. The highest BCUT2D eigenvalue weighted by Gasteiger charge is 2.21. The minimum absolute atomic E-state index is 0. The number of anilines is 1. The van der Waals surface area contributed by atoms with E-state index in [0.717, 1.165) is 5.96 Å². The molecule has 1 aliphatic heterocycles. The van der Waals surface area contributed by atoms with Gasteiger partial charge in [-0.25, -0.2) is 12.8 Å². The number of rotatable bonds is 6. The Hall–Kier alpha value is -1.10. The van der Waals surface area contributed by atoms with Gasteiger partial charge in [-0.05, 0) is 19.1 Å². The van der Waals surface area contributed by atoms with E-state index in [9.17, 15) is 12.8 Å². The van der Waals surface area contributed by atoms with E-state index in [1.54, 1.807) is 19.1 Å². The Morgan fingerprint density at radius 1 is 1.19 bits per heavy atom. The van der Waals surface area contributed by atoms with Gasteiger partial charge >= 0.3 is 0 Å². The lowest BCUT2D eigenvalue weighted by Gasteiger charge is -2.37. The molecular formula is C17H28FIN4O2S. The zero-order chi connectivity index (χ0) is 18.3. The number of nitrogens with one attached hydrogen (secondary N) is 1. The van der Waals surface area contributed by atoms with Crippen LogP contribution in [0.1, 0.15) is 13.8 Å². The summed E-state index contributed by atoms with van der Waals surface area (Å²) in [4.78, 5) is 8.57. The fourth-order valence-electron chi connectivity index (χ4n) is 2.73. The first-order valence-corrected chi connectivity index (χ1v) is 10.5. The molecule has 0 radical (unpaired) electrons. The van der Waals surface area contributed by atoms with E-state index in [2.05, 4.69) is 15.2 Å². The quantitative estimate of drug-likeness (QED) is 0.369. The number of halogens is 2. The lowest BCUT2D eigenvalue weighted by Crippen LogP contribution is -2.52. The van der Waals surface area contributed by atoms with Crippen molar-refractivity contribution in [3.05, 3.63) is 30.1 Å². The van der Waals surface area contributed by atoms with E-state index in [0.29, 0.717) is 38.4 Å². The summed E-state index contributed by atoms with van der Waals surface area (Å²) in [7, 11) is -3.01. The van der Waals surface area contributed by atoms with Crippen molar-refractivity contribution in [1.29, 1.82) is 0 Å². The van der Waals surface area contributed by atoms with Crippen LogP contribution in [0, 0.1) is 5.82 Å². The molecule has 6 nitrogen and oxygen atoms in total. The molecule has 0 unspecified atom stereocenters. The van der Waals surface area contributed by atoms with E-state index in [-0.39, 0.29) is 47.8 Å². The molecule has 9 heteroatoms. The molecule has 148 valence electrons. The second-order valence-corrected chi connectivity index (χ2v) is 8.37. The van der Waals surface area contributed by atoms with Gasteiger partial charge in [0.05, 0.1) is 18.0 Å². The standard InChI is InChI=1S/C17H27FN4O2S.HI/c1-3-19-17(20-9-14-25(23,24)4-2)22-12-10-21(11-13-22)16-8-6-5-7-15(16)18;/h5-8H,3-4,9-14H2,1-2H3,(H,19,20);1H. The Morgan fingerprint density at radius 2 is 1.85 bits per heavy atom. The first-order chi connectivity index (χ1) is 12.0. The Balaban J connectivity index is 0.00000338. The van der Waals surface area contributed by atoms with Crippen molar-refractivity contribution in [3.8, 4) is 0 Å². The smallest absolute Gasteiger partial charge is 0.194 e. The number of nitrogens with zero attached hydrogens (tertiary/aromatic N) is 3. The van der Waals surface area contributed by atoms with Crippen molar-refractivity contribution in [2.45, 2.75) is 13.8 Å². The molecule has 2 rings (SSSR count). The number of piperazine rings is 1. The van der Waals surface area contributed by atoms with E-state index in [4.69, 9.17) is 0 Å². The first kappa shape index (κ1) is 22.9. The monoisotopic (exact) mass is 498 g/mol. The Kier molecular flexibility index (Phi) is 9.62. The summed E-state index contributed by atoms with van der Waals surface area (Å²) in [5, 5.41) is 3.21. The largest absolute Gasteiger partial charge is 0.366 e. The molecule has 1 saturated heterocycles. The lowest BCUT2D eigenvalue weighted by molar-refractivity contribution is 0.371. The maximum absolute atomic E-state index is 13.9. The van der Waals surface area contributed by atoms with Crippen LogP contribution in [-0.4, -0.2) is 70.1 Å². The topological polar surface area (TPSA) is 65.0 Å². The summed E-state index contributed by atoms with van der Waals surface area (Å²) in [6.07, 6.45) is 0. The summed E-state index contributed by atoms with van der Waals surface area (Å²) < 4.78 is 37.1. The summed E-state index contributed by atoms with van der Waals surface area (Å²) in [6.45, 7) is 7.40. The fraction of sp³-hybridized carbons (Fsp3) is 0.588. The van der Waals surface area contributed by atoms with Gasteiger partial charge in [0, 0.05) is 38.5 Å². The molecule has 0 aliphatic carbocycles. The van der Waals surface area contributed by atoms with Gasteiger partial charge in [0.2, 0.25) is 0 Å². The van der Waals surface area contributed by atoms with Gasteiger partial charge in [0.25, 0.3) is 0 Å². The molecule has 0 atom stereocenters. The molecule has 0 amide bonds. The van der Waals surface area contributed by atoms with Crippen LogP contribution in [0.2, 0.25) is 0 Å². The molecule has 1 aromatic rings. The minimum Gasteiger partial charge on any atom is -0.366 e. The maximum atomic E-state index is 13.9. The second-order valence-electron chi connectivity index (χ2n) is 5.90. The number of benzene rings is 1. The fourth-order valence-corrected chi connectivity index (χ4v) is 3.39. The molecule has 0 spiro atoms. The van der Waals surface area contributed by atoms with Crippen LogP contribution in [0.25, 0.3) is 0 Å². The number of aliphatic imine (C=N–C) groups is 1. The first-order valence-electron chi connectivity index (χ1n) is 8.70. The molecule has 1 N–H and O–H groups in total. The normalized spacial score (nSPS) is 15.6. The van der Waals surface area contributed by atoms with E-state index in [1.807, 2.05) is 17.9 Å². The van der Waals surface area contributed by atoms with Gasteiger partial charge in [-0.15, -0.1) is 24.0 Å². The van der Waals surface area contributed by atoms with Crippen LogP contribution < -0.4 is 10.2 Å². The van der Waals surface area contributed by atoms with Gasteiger partial charge in [0.15, 0.2) is 15.8 Å². The minimum atomic E-state index is -3.01. The Morgan fingerprint density at radius 3 is 2.42 bits per heavy atom. The van der Waals surface area contributed by atoms with Gasteiger partial charge in [-0.1, -0.05) is 19.1 Å². The molecule has 1 aliphatic rings. The summed E-state index contributed by atoms with van der Waals surface area (Å²) >= 11 is 0. The highest BCUT2D eigenvalue weighted by Crippen LogP contribution is 2.20. The highest BCUT2D eigenvalue weighted by molar-refractivity contribution is 14.0. The van der Waals surface area contributed by atoms with Crippen LogP contribution in [-0.2, 0) is 9.84 Å². The van der Waals surface area contributed by atoms with Crippen LogP contribution in [0.5, 0.6) is 0 Å². The zero-order valence-electron chi connectivity index (χ0n) is 15.3. The SMILES string of the molecule is CCNC(=NCCS(=O)(=O)CC)N1CCN(c2ccccc2F)CC1.I. The van der Waals surface area contributed by atoms with Crippen molar-refractivity contribution in [2.24, 2.45) is 4.99 Å². The van der Waals surface area contributed by atoms with E-state index >= 15 is 0 Å². The molecule has 0 bridgehead atoms. The average Bonchev–Trinajstić information content (AvgIpc) is 2.62. The molecule has 0 saturated carbocycles. The third kappa shape index (κ3) is 6.57. The Labute approximate surface area is 172 Å². The third-order valence-electron chi connectivity index (χ3n) is 4.21. The highest BCUT2D eigenvalue weighted by atomic mass is 127. The summed E-state index contributed by atoms with van der Waals surface area (Å²) in [5.41, 5.74) is 0.623. The van der Waals surface area contributed by atoms with Crippen molar-refractivity contribution >= 4 is 45.5 Å². The van der Waals surface area contributed by atoms with Crippen molar-refractivity contribution in [1.82, 2.24) is 10.2 Å². The predicted octanol–water partition coefficient (Wildman–Crippen LogP) is 1.97. The lowest BCUT2D eigenvalue weighted by atomic mass is 10.2. The molecule has 1 heterocycles. The molecular weight excluding hydrogens is 470 g/mol. The van der Waals surface area contributed by atoms with Crippen molar-refractivity contribution in [3.63, 3.8) is 0 Å². The second kappa shape index (κ2) is 10.9. The van der Waals surface area contributed by atoms with E-state index in [1.165, 1.54) is 6.07 Å². The number of guanidine groups is 1. The van der Waals surface area contributed by atoms with Crippen LogP contribution in [0.15, 0.2) is 29.3 Å².